The molecule has 0 saturated heterocycles. The normalized spacial score (nSPS) is 28.3. The molecule has 1 fully saturated rings. The van der Waals surface area contributed by atoms with E-state index in [1.807, 2.05) is 11.8 Å². The second kappa shape index (κ2) is 6.28. The third-order valence-corrected chi connectivity index (χ3v) is 3.82. The summed E-state index contributed by atoms with van der Waals surface area (Å²) in [5.74, 6) is 0. The van der Waals surface area contributed by atoms with Gasteiger partial charge in [0.15, 0.2) is 0 Å². The van der Waals surface area contributed by atoms with Gasteiger partial charge < -0.3 is 5.32 Å². The standard InChI is InChI=1S/C10H18N2S/c1-13-10-6-3-2-5-9(10)12-8-4-7-11/h9-10,12H,2-6,8H2,1H3. The van der Waals surface area contributed by atoms with Crippen LogP contribution in [-0.4, -0.2) is 24.1 Å². The lowest BCUT2D eigenvalue weighted by Crippen LogP contribution is -2.40. The maximum absolute atomic E-state index is 8.42. The predicted molar refractivity (Wildman–Crippen MR) is 57.8 cm³/mol. The van der Waals surface area contributed by atoms with Gasteiger partial charge in [-0.2, -0.15) is 17.0 Å². The SMILES string of the molecule is CSC1CCCCC1NCCC#N. The van der Waals surface area contributed by atoms with E-state index in [-0.39, 0.29) is 0 Å². The third kappa shape index (κ3) is 3.58. The van der Waals surface area contributed by atoms with Gasteiger partial charge in [0.2, 0.25) is 0 Å². The van der Waals surface area contributed by atoms with E-state index in [0.29, 0.717) is 12.5 Å². The summed E-state index contributed by atoms with van der Waals surface area (Å²) in [7, 11) is 0. The van der Waals surface area contributed by atoms with Crippen molar-refractivity contribution in [1.82, 2.24) is 5.32 Å². The summed E-state index contributed by atoms with van der Waals surface area (Å²) in [5, 5.41) is 12.7. The Morgan fingerprint density at radius 2 is 2.23 bits per heavy atom. The molecule has 1 N–H and O–H groups in total. The molecule has 13 heavy (non-hydrogen) atoms. The molecule has 0 bridgehead atoms. The van der Waals surface area contributed by atoms with Crippen molar-refractivity contribution in [2.24, 2.45) is 0 Å². The van der Waals surface area contributed by atoms with E-state index >= 15 is 0 Å². The van der Waals surface area contributed by atoms with Gasteiger partial charge in [-0.25, -0.2) is 0 Å². The van der Waals surface area contributed by atoms with Gasteiger partial charge in [0, 0.05) is 24.3 Å². The zero-order valence-corrected chi connectivity index (χ0v) is 9.07. The summed E-state index contributed by atoms with van der Waals surface area (Å²) in [6.45, 7) is 0.859. The molecule has 0 spiro atoms. The highest BCUT2D eigenvalue weighted by Crippen LogP contribution is 2.26. The number of hydrogen-bond donors (Lipinski definition) is 1. The van der Waals surface area contributed by atoms with Crippen LogP contribution in [0.3, 0.4) is 0 Å². The summed E-state index contributed by atoms with van der Waals surface area (Å²) in [6.07, 6.45) is 8.18. The summed E-state index contributed by atoms with van der Waals surface area (Å²) in [4.78, 5) is 0. The van der Waals surface area contributed by atoms with E-state index in [9.17, 15) is 0 Å². The lowest BCUT2D eigenvalue weighted by Gasteiger charge is -2.30. The van der Waals surface area contributed by atoms with Gasteiger partial charge in [-0.05, 0) is 19.1 Å². The highest BCUT2D eigenvalue weighted by Gasteiger charge is 2.23. The molecule has 74 valence electrons. The van der Waals surface area contributed by atoms with Crippen molar-refractivity contribution in [3.63, 3.8) is 0 Å². The molecule has 2 unspecified atom stereocenters. The van der Waals surface area contributed by atoms with Crippen LogP contribution in [0, 0.1) is 11.3 Å². The molecule has 1 aliphatic rings. The van der Waals surface area contributed by atoms with Crippen molar-refractivity contribution in [2.75, 3.05) is 12.8 Å². The van der Waals surface area contributed by atoms with Gasteiger partial charge >= 0.3 is 0 Å². The molecule has 1 rings (SSSR count). The molecule has 3 heteroatoms. The van der Waals surface area contributed by atoms with Gasteiger partial charge in [-0.15, -0.1) is 0 Å². The fraction of sp³-hybridized carbons (Fsp3) is 0.900. The maximum Gasteiger partial charge on any atom is 0.0635 e. The number of nitriles is 1. The first kappa shape index (κ1) is 10.9. The van der Waals surface area contributed by atoms with Gasteiger partial charge in [-0.3, -0.25) is 0 Å². The monoisotopic (exact) mass is 198 g/mol. The number of nitrogens with zero attached hydrogens (tertiary/aromatic N) is 1. The second-order valence-corrected chi connectivity index (χ2v) is 4.60. The van der Waals surface area contributed by atoms with Crippen molar-refractivity contribution in [3.8, 4) is 6.07 Å². The fourth-order valence-electron chi connectivity index (χ4n) is 1.93. The Hall–Kier alpha value is -0.200. The van der Waals surface area contributed by atoms with Crippen LogP contribution in [-0.2, 0) is 0 Å². The highest BCUT2D eigenvalue weighted by atomic mass is 32.2. The highest BCUT2D eigenvalue weighted by molar-refractivity contribution is 7.99. The number of nitrogens with one attached hydrogen (secondary N) is 1. The average Bonchev–Trinajstić information content (AvgIpc) is 2.19. The smallest absolute Gasteiger partial charge is 0.0635 e. The topological polar surface area (TPSA) is 35.8 Å². The molecular formula is C10H18N2S. The lowest BCUT2D eigenvalue weighted by atomic mass is 9.95. The van der Waals surface area contributed by atoms with Crippen molar-refractivity contribution in [1.29, 1.82) is 5.26 Å². The molecule has 1 saturated carbocycles. The minimum absolute atomic E-state index is 0.637. The maximum atomic E-state index is 8.42. The van der Waals surface area contributed by atoms with Crippen LogP contribution in [0.25, 0.3) is 0 Å². The first-order valence-corrected chi connectivity index (χ1v) is 6.30. The van der Waals surface area contributed by atoms with E-state index in [2.05, 4.69) is 17.6 Å². The van der Waals surface area contributed by atoms with E-state index < -0.39 is 0 Å². The molecule has 0 aromatic heterocycles. The molecule has 0 heterocycles. The molecule has 1 aliphatic carbocycles. The zero-order chi connectivity index (χ0) is 9.52. The summed E-state index contributed by atoms with van der Waals surface area (Å²) < 4.78 is 0. The van der Waals surface area contributed by atoms with Crippen LogP contribution < -0.4 is 5.32 Å². The molecule has 0 aromatic carbocycles. The van der Waals surface area contributed by atoms with E-state index in [0.717, 1.165) is 11.8 Å². The fourth-order valence-corrected chi connectivity index (χ4v) is 2.89. The van der Waals surface area contributed by atoms with E-state index in [4.69, 9.17) is 5.26 Å². The quantitative estimate of drug-likeness (QED) is 0.703. The van der Waals surface area contributed by atoms with Crippen molar-refractivity contribution in [2.45, 2.75) is 43.4 Å². The second-order valence-electron chi connectivity index (χ2n) is 3.53. The Labute approximate surface area is 85.1 Å². The Bertz CT molecular complexity index is 176. The minimum atomic E-state index is 0.637. The van der Waals surface area contributed by atoms with Crippen LogP contribution >= 0.6 is 11.8 Å². The Morgan fingerprint density at radius 1 is 1.46 bits per heavy atom. The van der Waals surface area contributed by atoms with Crippen LogP contribution in [0.15, 0.2) is 0 Å². The van der Waals surface area contributed by atoms with E-state index in [1.54, 1.807) is 0 Å². The first-order valence-electron chi connectivity index (χ1n) is 5.01. The molecule has 2 nitrogen and oxygen atoms in total. The van der Waals surface area contributed by atoms with E-state index in [1.165, 1.54) is 25.7 Å². The largest absolute Gasteiger partial charge is 0.312 e. The van der Waals surface area contributed by atoms with Gasteiger partial charge in [0.05, 0.1) is 6.07 Å². The van der Waals surface area contributed by atoms with Crippen LogP contribution in [0.1, 0.15) is 32.1 Å². The van der Waals surface area contributed by atoms with Crippen molar-refractivity contribution < 1.29 is 0 Å². The van der Waals surface area contributed by atoms with Crippen LogP contribution in [0.2, 0.25) is 0 Å². The molecular weight excluding hydrogens is 180 g/mol. The lowest BCUT2D eigenvalue weighted by molar-refractivity contribution is 0.387. The predicted octanol–water partition coefficient (Wildman–Crippen LogP) is 2.16. The summed E-state index contributed by atoms with van der Waals surface area (Å²) in [6, 6.07) is 2.82. The minimum Gasteiger partial charge on any atom is -0.312 e. The first-order chi connectivity index (χ1) is 6.38. The summed E-state index contributed by atoms with van der Waals surface area (Å²) >= 11 is 1.97. The molecule has 2 atom stereocenters. The third-order valence-electron chi connectivity index (χ3n) is 2.65. The Morgan fingerprint density at radius 3 is 2.92 bits per heavy atom. The number of rotatable bonds is 4. The van der Waals surface area contributed by atoms with Gasteiger partial charge in [-0.1, -0.05) is 12.8 Å². The average molecular weight is 198 g/mol. The molecule has 0 aliphatic heterocycles. The zero-order valence-electron chi connectivity index (χ0n) is 8.25. The molecule has 0 amide bonds. The van der Waals surface area contributed by atoms with Crippen molar-refractivity contribution >= 4 is 11.8 Å². The van der Waals surface area contributed by atoms with Gasteiger partial charge in [0.1, 0.15) is 0 Å². The number of hydrogen-bond acceptors (Lipinski definition) is 3. The van der Waals surface area contributed by atoms with Gasteiger partial charge in [0.25, 0.3) is 0 Å². The van der Waals surface area contributed by atoms with Crippen LogP contribution in [0.5, 0.6) is 0 Å². The molecule has 0 aromatic rings. The summed E-state index contributed by atoms with van der Waals surface area (Å²) in [5.41, 5.74) is 0. The Kier molecular flexibility index (Phi) is 5.26. The molecule has 0 radical (unpaired) electrons. The van der Waals surface area contributed by atoms with Crippen molar-refractivity contribution in [3.05, 3.63) is 0 Å². The Balaban J connectivity index is 2.24. The van der Waals surface area contributed by atoms with Crippen LogP contribution in [0.4, 0.5) is 0 Å². The number of thioether (sulfide) groups is 1.